The van der Waals surface area contributed by atoms with E-state index in [1.807, 2.05) is 36.4 Å². The van der Waals surface area contributed by atoms with E-state index in [0.29, 0.717) is 30.9 Å². The molecule has 2 N–H and O–H groups in total. The molecule has 1 amide bonds. The van der Waals surface area contributed by atoms with E-state index in [0.717, 1.165) is 42.1 Å². The molecule has 1 fully saturated rings. The van der Waals surface area contributed by atoms with Crippen molar-refractivity contribution in [1.82, 2.24) is 15.3 Å². The van der Waals surface area contributed by atoms with Crippen molar-refractivity contribution >= 4 is 23.5 Å². The standard InChI is InChI=1S/C32H33ClN4O2/c1-22-5-2-3-6-24(22)12-17-29-28(31(39)34-19-18-23-8-15-27(38)16-9-23)21-35-32(36-29)37-20-4-7-30(37)25-10-13-26(33)14-11-25/h2-3,5-6,8-11,13-16,21,30,38H,4,7,12,17-20H2,1H3,(H,34,39). The fourth-order valence-electron chi connectivity index (χ4n) is 5.18. The molecule has 0 bridgehead atoms. The highest BCUT2D eigenvalue weighted by Crippen LogP contribution is 2.35. The molecule has 0 radical (unpaired) electrons. The van der Waals surface area contributed by atoms with Gasteiger partial charge in [0.15, 0.2) is 0 Å². The van der Waals surface area contributed by atoms with Crippen molar-refractivity contribution in [2.45, 2.75) is 45.1 Å². The zero-order valence-electron chi connectivity index (χ0n) is 22.1. The molecule has 1 aromatic heterocycles. The van der Waals surface area contributed by atoms with Crippen LogP contribution < -0.4 is 10.2 Å². The second-order valence-electron chi connectivity index (χ2n) is 10.0. The van der Waals surface area contributed by atoms with Crippen LogP contribution in [0, 0.1) is 6.92 Å². The van der Waals surface area contributed by atoms with Crippen molar-refractivity contribution in [3.63, 3.8) is 0 Å². The molecule has 2 heterocycles. The summed E-state index contributed by atoms with van der Waals surface area (Å²) < 4.78 is 0. The topological polar surface area (TPSA) is 78.4 Å². The van der Waals surface area contributed by atoms with Gasteiger partial charge in [-0.15, -0.1) is 0 Å². The van der Waals surface area contributed by atoms with E-state index in [4.69, 9.17) is 16.6 Å². The summed E-state index contributed by atoms with van der Waals surface area (Å²) in [6.45, 7) is 3.45. The van der Waals surface area contributed by atoms with Crippen LogP contribution in [0.1, 0.15) is 57.2 Å². The summed E-state index contributed by atoms with van der Waals surface area (Å²) in [6.07, 6.45) is 5.85. The summed E-state index contributed by atoms with van der Waals surface area (Å²) in [5, 5.41) is 13.3. The summed E-state index contributed by atoms with van der Waals surface area (Å²) in [4.78, 5) is 25.2. The van der Waals surface area contributed by atoms with Crippen LogP contribution >= 0.6 is 11.6 Å². The number of nitrogens with one attached hydrogen (secondary N) is 1. The Morgan fingerprint density at radius 2 is 1.79 bits per heavy atom. The van der Waals surface area contributed by atoms with Crippen LogP contribution in [0.2, 0.25) is 5.02 Å². The summed E-state index contributed by atoms with van der Waals surface area (Å²) >= 11 is 6.13. The largest absolute Gasteiger partial charge is 0.508 e. The normalized spacial score (nSPS) is 14.9. The molecule has 1 atom stereocenters. The van der Waals surface area contributed by atoms with Crippen molar-refractivity contribution in [2.75, 3.05) is 18.0 Å². The van der Waals surface area contributed by atoms with Crippen molar-refractivity contribution < 1.29 is 9.90 Å². The molecule has 0 saturated carbocycles. The smallest absolute Gasteiger partial charge is 0.254 e. The average Bonchev–Trinajstić information content (AvgIpc) is 3.44. The second-order valence-corrected chi connectivity index (χ2v) is 10.5. The van der Waals surface area contributed by atoms with Gasteiger partial charge in [-0.25, -0.2) is 9.97 Å². The molecule has 39 heavy (non-hydrogen) atoms. The number of amides is 1. The average molecular weight is 541 g/mol. The molecule has 7 heteroatoms. The molecule has 1 unspecified atom stereocenters. The van der Waals surface area contributed by atoms with Gasteiger partial charge in [0.05, 0.1) is 17.3 Å². The van der Waals surface area contributed by atoms with E-state index in [-0.39, 0.29) is 17.7 Å². The van der Waals surface area contributed by atoms with Crippen LogP contribution in [-0.4, -0.2) is 34.1 Å². The molecular formula is C32H33ClN4O2. The van der Waals surface area contributed by atoms with Gasteiger partial charge in [0, 0.05) is 24.3 Å². The number of benzene rings is 3. The van der Waals surface area contributed by atoms with Crippen molar-refractivity contribution in [1.29, 1.82) is 0 Å². The van der Waals surface area contributed by atoms with Crippen LogP contribution in [0.25, 0.3) is 0 Å². The Hall–Kier alpha value is -3.90. The maximum Gasteiger partial charge on any atom is 0.254 e. The zero-order valence-corrected chi connectivity index (χ0v) is 22.9. The lowest BCUT2D eigenvalue weighted by atomic mass is 10.0. The van der Waals surface area contributed by atoms with Crippen molar-refractivity contribution in [2.24, 2.45) is 0 Å². The highest BCUT2D eigenvalue weighted by Gasteiger charge is 2.29. The van der Waals surface area contributed by atoms with Crippen LogP contribution in [0.4, 0.5) is 5.95 Å². The number of hydrogen-bond acceptors (Lipinski definition) is 5. The van der Waals surface area contributed by atoms with Crippen LogP contribution in [-0.2, 0) is 19.3 Å². The Balaban J connectivity index is 1.37. The molecule has 5 rings (SSSR count). The van der Waals surface area contributed by atoms with Crippen LogP contribution in [0.15, 0.2) is 79.0 Å². The molecule has 0 spiro atoms. The first kappa shape index (κ1) is 26.7. The van der Waals surface area contributed by atoms with Gasteiger partial charge < -0.3 is 15.3 Å². The lowest BCUT2D eigenvalue weighted by Crippen LogP contribution is -2.29. The SMILES string of the molecule is Cc1ccccc1CCc1nc(N2CCCC2c2ccc(Cl)cc2)ncc1C(=O)NCCc1ccc(O)cc1. The first-order chi connectivity index (χ1) is 19.0. The first-order valence-corrected chi connectivity index (χ1v) is 13.8. The molecule has 1 aliphatic rings. The predicted octanol–water partition coefficient (Wildman–Crippen LogP) is 6.24. The molecule has 0 aliphatic carbocycles. The number of phenolic OH excluding ortho intramolecular Hbond substituents is 1. The minimum absolute atomic E-state index is 0.171. The van der Waals surface area contributed by atoms with Crippen LogP contribution in [0.3, 0.4) is 0 Å². The van der Waals surface area contributed by atoms with Gasteiger partial charge in [-0.1, -0.05) is 60.1 Å². The minimum atomic E-state index is -0.171. The Morgan fingerprint density at radius 1 is 1.03 bits per heavy atom. The van der Waals surface area contributed by atoms with Gasteiger partial charge in [0.1, 0.15) is 5.75 Å². The van der Waals surface area contributed by atoms with E-state index < -0.39 is 0 Å². The molecule has 200 valence electrons. The predicted molar refractivity (Wildman–Crippen MR) is 156 cm³/mol. The third kappa shape index (κ3) is 6.58. The van der Waals surface area contributed by atoms with Crippen molar-refractivity contribution in [3.05, 3.63) is 118 Å². The number of hydrogen-bond donors (Lipinski definition) is 2. The fourth-order valence-corrected chi connectivity index (χ4v) is 5.31. The van der Waals surface area contributed by atoms with Gasteiger partial charge in [0.25, 0.3) is 5.91 Å². The summed E-state index contributed by atoms with van der Waals surface area (Å²) in [7, 11) is 0. The zero-order chi connectivity index (χ0) is 27.2. The van der Waals surface area contributed by atoms with E-state index in [1.54, 1.807) is 18.3 Å². The number of nitrogens with zero attached hydrogens (tertiary/aromatic N) is 3. The molecule has 1 saturated heterocycles. The summed E-state index contributed by atoms with van der Waals surface area (Å²) in [5.74, 6) is 0.721. The van der Waals surface area contributed by atoms with E-state index in [1.165, 1.54) is 16.7 Å². The maximum atomic E-state index is 13.3. The van der Waals surface area contributed by atoms with Gasteiger partial charge in [-0.3, -0.25) is 4.79 Å². The highest BCUT2D eigenvalue weighted by atomic mass is 35.5. The fraction of sp³-hybridized carbons (Fsp3) is 0.281. The lowest BCUT2D eigenvalue weighted by molar-refractivity contribution is 0.0952. The summed E-state index contributed by atoms with van der Waals surface area (Å²) in [6, 6.07) is 23.5. The molecular weight excluding hydrogens is 508 g/mol. The van der Waals surface area contributed by atoms with Gasteiger partial charge in [-0.05, 0) is 85.5 Å². The first-order valence-electron chi connectivity index (χ1n) is 13.5. The van der Waals surface area contributed by atoms with Gasteiger partial charge >= 0.3 is 0 Å². The Morgan fingerprint density at radius 3 is 2.56 bits per heavy atom. The second kappa shape index (κ2) is 12.3. The Bertz CT molecular complexity index is 1420. The van der Waals surface area contributed by atoms with Gasteiger partial charge in [0.2, 0.25) is 5.95 Å². The van der Waals surface area contributed by atoms with Crippen molar-refractivity contribution in [3.8, 4) is 5.75 Å². The number of halogens is 1. The Labute approximate surface area is 234 Å². The maximum absolute atomic E-state index is 13.3. The summed E-state index contributed by atoms with van der Waals surface area (Å²) in [5.41, 5.74) is 5.98. The number of phenols is 1. The van der Waals surface area contributed by atoms with E-state index in [9.17, 15) is 9.90 Å². The Kier molecular flexibility index (Phi) is 8.42. The number of anilines is 1. The monoisotopic (exact) mass is 540 g/mol. The van der Waals surface area contributed by atoms with Crippen LogP contribution in [0.5, 0.6) is 5.75 Å². The van der Waals surface area contributed by atoms with Gasteiger partial charge in [-0.2, -0.15) is 0 Å². The lowest BCUT2D eigenvalue weighted by Gasteiger charge is -2.26. The molecule has 4 aromatic rings. The molecule has 1 aliphatic heterocycles. The number of rotatable bonds is 9. The number of carbonyl (C=O) groups is 1. The number of carbonyl (C=O) groups excluding carboxylic acids is 1. The third-order valence-electron chi connectivity index (χ3n) is 7.39. The quantitative estimate of drug-likeness (QED) is 0.262. The number of aromatic hydroxyl groups is 1. The molecule has 3 aromatic carbocycles. The number of aryl methyl sites for hydroxylation is 3. The highest BCUT2D eigenvalue weighted by molar-refractivity contribution is 6.30. The van der Waals surface area contributed by atoms with E-state index in [2.05, 4.69) is 46.4 Å². The third-order valence-corrected chi connectivity index (χ3v) is 7.64. The van der Waals surface area contributed by atoms with E-state index >= 15 is 0 Å². The molecule has 6 nitrogen and oxygen atoms in total. The minimum Gasteiger partial charge on any atom is -0.508 e. The number of aromatic nitrogens is 2.